The molecule has 4 rings (SSSR count). The number of aliphatic carboxylic acids is 1. The third-order valence-electron chi connectivity index (χ3n) is 7.36. The summed E-state index contributed by atoms with van der Waals surface area (Å²) >= 11 is 12.5. The van der Waals surface area contributed by atoms with Crippen LogP contribution in [-0.2, 0) is 22.6 Å². The molecule has 3 aromatic carbocycles. The molecule has 2 N–H and O–H groups in total. The lowest BCUT2D eigenvalue weighted by Gasteiger charge is -2.47. The molecule has 0 spiro atoms. The number of anilines is 1. The minimum Gasteiger partial charge on any atom is -0.481 e. The first-order chi connectivity index (χ1) is 19.6. The summed E-state index contributed by atoms with van der Waals surface area (Å²) in [5.41, 5.74) is 2.60. The molecule has 1 aliphatic rings. The summed E-state index contributed by atoms with van der Waals surface area (Å²) in [7, 11) is 0. The summed E-state index contributed by atoms with van der Waals surface area (Å²) in [6, 6.07) is 22.4. The zero-order chi connectivity index (χ0) is 29.4. The van der Waals surface area contributed by atoms with E-state index in [0.717, 1.165) is 24.8 Å². The van der Waals surface area contributed by atoms with Gasteiger partial charge in [0.2, 0.25) is 5.91 Å². The molecule has 0 saturated carbocycles. The van der Waals surface area contributed by atoms with E-state index in [-0.39, 0.29) is 44.4 Å². The molecule has 0 bridgehead atoms. The molecule has 41 heavy (non-hydrogen) atoms. The molecule has 1 unspecified atom stereocenters. The fourth-order valence-corrected chi connectivity index (χ4v) is 5.81. The van der Waals surface area contributed by atoms with E-state index in [1.807, 2.05) is 49.4 Å². The Morgan fingerprint density at radius 3 is 2.37 bits per heavy atom. The normalized spacial score (nSPS) is 17.0. The smallest absolute Gasteiger partial charge is 0.324 e. The first-order valence-corrected chi connectivity index (χ1v) is 14.5. The van der Waals surface area contributed by atoms with Crippen molar-refractivity contribution in [2.75, 3.05) is 24.5 Å². The highest BCUT2D eigenvalue weighted by Crippen LogP contribution is 2.37. The zero-order valence-corrected chi connectivity index (χ0v) is 24.6. The second-order valence-electron chi connectivity index (χ2n) is 10.8. The Morgan fingerprint density at radius 2 is 1.68 bits per heavy atom. The van der Waals surface area contributed by atoms with Gasteiger partial charge in [0.15, 0.2) is 0 Å². The van der Waals surface area contributed by atoms with Gasteiger partial charge in [0.05, 0.1) is 6.42 Å². The van der Waals surface area contributed by atoms with Gasteiger partial charge in [0, 0.05) is 53.7 Å². The van der Waals surface area contributed by atoms with Gasteiger partial charge >= 0.3 is 12.0 Å². The van der Waals surface area contributed by atoms with Crippen LogP contribution in [0.2, 0.25) is 10.0 Å². The maximum absolute atomic E-state index is 13.7. The summed E-state index contributed by atoms with van der Waals surface area (Å²) in [5.74, 6) is -1.25. The number of rotatable bonds is 12. The third-order valence-corrected chi connectivity index (χ3v) is 7.95. The maximum atomic E-state index is 13.7. The zero-order valence-electron chi connectivity index (χ0n) is 23.1. The van der Waals surface area contributed by atoms with Gasteiger partial charge in [0.25, 0.3) is 0 Å². The fraction of sp³-hybridized carbons (Fsp3) is 0.344. The Kier molecular flexibility index (Phi) is 10.3. The van der Waals surface area contributed by atoms with Gasteiger partial charge in [-0.05, 0) is 61.6 Å². The summed E-state index contributed by atoms with van der Waals surface area (Å²) < 4.78 is 0. The number of carboxylic acid groups (broad SMARTS) is 1. The number of urea groups is 1. The van der Waals surface area contributed by atoms with Gasteiger partial charge in [-0.2, -0.15) is 0 Å². The van der Waals surface area contributed by atoms with Crippen LogP contribution in [0.5, 0.6) is 0 Å². The van der Waals surface area contributed by atoms with Crippen LogP contribution in [0, 0.1) is 12.3 Å². The van der Waals surface area contributed by atoms with Crippen molar-refractivity contribution in [2.45, 2.75) is 45.6 Å². The Labute approximate surface area is 251 Å². The molecule has 0 aromatic heterocycles. The maximum Gasteiger partial charge on any atom is 0.324 e. The molecule has 0 radical (unpaired) electrons. The van der Waals surface area contributed by atoms with Crippen LogP contribution in [0.1, 0.15) is 42.4 Å². The number of halogens is 2. The number of nitrogens with zero attached hydrogens (tertiary/aromatic N) is 2. The standard InChI is InChI=1S/C32H35Cl2N3O4/c1-23-10-14-27(15-11-23)37-22-32(19-30(39)40,18-29(38)35-16-6-5-9-24-7-3-2-4-8-24)21-36(31(37)41)20-25-12-13-26(33)17-28(25)34/h2-4,7-8,10-15,17H,5-6,9,16,18-22H2,1H3,(H,35,38)(H,39,40). The van der Waals surface area contributed by atoms with Crippen LogP contribution in [0.25, 0.3) is 0 Å². The average molecular weight is 597 g/mol. The molecule has 7 nitrogen and oxygen atoms in total. The van der Waals surface area contributed by atoms with Gasteiger partial charge in [-0.3, -0.25) is 14.5 Å². The van der Waals surface area contributed by atoms with Crippen molar-refractivity contribution >= 4 is 46.8 Å². The highest BCUT2D eigenvalue weighted by molar-refractivity contribution is 6.35. The third kappa shape index (κ3) is 8.47. The van der Waals surface area contributed by atoms with Crippen molar-refractivity contribution in [2.24, 2.45) is 5.41 Å². The summed E-state index contributed by atoms with van der Waals surface area (Å²) in [6.07, 6.45) is 2.36. The van der Waals surface area contributed by atoms with Crippen molar-refractivity contribution in [1.82, 2.24) is 10.2 Å². The minimum atomic E-state index is -1.02. The van der Waals surface area contributed by atoms with Crippen LogP contribution in [0.15, 0.2) is 72.8 Å². The number of unbranched alkanes of at least 4 members (excludes halogenated alkanes) is 1. The molecule has 216 valence electrons. The van der Waals surface area contributed by atoms with Crippen molar-refractivity contribution in [3.63, 3.8) is 0 Å². The summed E-state index contributed by atoms with van der Waals surface area (Å²) in [4.78, 5) is 42.2. The highest BCUT2D eigenvalue weighted by Gasteiger charge is 2.46. The molecule has 0 aliphatic carbocycles. The molecular weight excluding hydrogens is 561 g/mol. The van der Waals surface area contributed by atoms with Gasteiger partial charge in [-0.15, -0.1) is 0 Å². The van der Waals surface area contributed by atoms with Crippen molar-refractivity contribution < 1.29 is 19.5 Å². The predicted molar refractivity (Wildman–Crippen MR) is 162 cm³/mol. The number of carboxylic acids is 1. The Hall–Kier alpha value is -3.55. The van der Waals surface area contributed by atoms with E-state index in [2.05, 4.69) is 17.4 Å². The first kappa shape index (κ1) is 30.4. The number of aryl methyl sites for hydroxylation is 2. The molecule has 3 aromatic rings. The van der Waals surface area contributed by atoms with Crippen LogP contribution in [0.4, 0.5) is 10.5 Å². The second-order valence-corrected chi connectivity index (χ2v) is 11.7. The SMILES string of the molecule is Cc1ccc(N2CC(CC(=O)O)(CC(=O)NCCCCc3ccccc3)CN(Cc3ccc(Cl)cc3Cl)C2=O)cc1. The number of hydrogen-bond acceptors (Lipinski definition) is 3. The summed E-state index contributed by atoms with van der Waals surface area (Å²) in [6.45, 7) is 2.81. The van der Waals surface area contributed by atoms with Gasteiger partial charge in [0.1, 0.15) is 0 Å². The van der Waals surface area contributed by atoms with Crippen LogP contribution in [0.3, 0.4) is 0 Å². The van der Waals surface area contributed by atoms with Crippen LogP contribution in [-0.4, -0.2) is 47.5 Å². The average Bonchev–Trinajstić information content (AvgIpc) is 2.92. The topological polar surface area (TPSA) is 89.9 Å². The van der Waals surface area contributed by atoms with E-state index < -0.39 is 11.4 Å². The largest absolute Gasteiger partial charge is 0.481 e. The monoisotopic (exact) mass is 595 g/mol. The first-order valence-electron chi connectivity index (χ1n) is 13.7. The molecule has 9 heteroatoms. The van der Waals surface area contributed by atoms with E-state index in [0.29, 0.717) is 27.8 Å². The summed E-state index contributed by atoms with van der Waals surface area (Å²) in [5, 5.41) is 13.8. The van der Waals surface area contributed by atoms with Crippen LogP contribution < -0.4 is 10.2 Å². The van der Waals surface area contributed by atoms with Crippen molar-refractivity contribution in [1.29, 1.82) is 0 Å². The Bertz CT molecular complexity index is 1370. The Morgan fingerprint density at radius 1 is 0.951 bits per heavy atom. The number of carbonyl (C=O) groups excluding carboxylic acids is 2. The van der Waals surface area contributed by atoms with E-state index >= 15 is 0 Å². The number of nitrogens with one attached hydrogen (secondary N) is 1. The van der Waals surface area contributed by atoms with Gasteiger partial charge in [-0.25, -0.2) is 4.79 Å². The van der Waals surface area contributed by atoms with Gasteiger partial charge < -0.3 is 15.3 Å². The van der Waals surface area contributed by atoms with E-state index in [1.54, 1.807) is 28.0 Å². The number of amides is 3. The van der Waals surface area contributed by atoms with Crippen molar-refractivity contribution in [3.8, 4) is 0 Å². The minimum absolute atomic E-state index is 0.0293. The molecule has 1 saturated heterocycles. The number of carbonyl (C=O) groups is 3. The molecule has 1 heterocycles. The van der Waals surface area contributed by atoms with E-state index in [1.165, 1.54) is 5.56 Å². The molecule has 1 aliphatic heterocycles. The quantitative estimate of drug-likeness (QED) is 0.227. The van der Waals surface area contributed by atoms with Gasteiger partial charge in [-0.1, -0.05) is 77.3 Å². The van der Waals surface area contributed by atoms with Crippen LogP contribution >= 0.6 is 23.2 Å². The predicted octanol–water partition coefficient (Wildman–Crippen LogP) is 6.73. The Balaban J connectivity index is 1.52. The molecule has 1 atom stereocenters. The molecular formula is C32H35Cl2N3O4. The fourth-order valence-electron chi connectivity index (χ4n) is 5.34. The van der Waals surface area contributed by atoms with Crippen molar-refractivity contribution in [3.05, 3.63) is 99.5 Å². The number of hydrogen-bond donors (Lipinski definition) is 2. The second kappa shape index (κ2) is 13.9. The highest BCUT2D eigenvalue weighted by atomic mass is 35.5. The lowest BCUT2D eigenvalue weighted by molar-refractivity contribution is -0.140. The lowest BCUT2D eigenvalue weighted by atomic mass is 9.78. The van der Waals surface area contributed by atoms with E-state index in [4.69, 9.17) is 23.2 Å². The molecule has 1 fully saturated rings. The number of benzene rings is 3. The van der Waals surface area contributed by atoms with E-state index in [9.17, 15) is 19.5 Å². The molecule has 3 amide bonds. The lowest BCUT2D eigenvalue weighted by Crippen LogP contribution is -2.60.